The first-order valence-corrected chi connectivity index (χ1v) is 13.7. The van der Waals surface area contributed by atoms with Crippen LogP contribution in [0.15, 0.2) is 24.3 Å². The number of nitrogens with one attached hydrogen (secondary N) is 1. The molecule has 34 heavy (non-hydrogen) atoms. The summed E-state index contributed by atoms with van der Waals surface area (Å²) < 4.78 is 12.0. The normalized spacial score (nSPS) is 37.2. The summed E-state index contributed by atoms with van der Waals surface area (Å²) in [6.45, 7) is 8.06. The van der Waals surface area contributed by atoms with Crippen LogP contribution in [0.1, 0.15) is 90.0 Å². The summed E-state index contributed by atoms with van der Waals surface area (Å²) in [5.74, 6) is 3.84. The number of benzene rings is 1. The molecule has 0 aromatic heterocycles. The first kappa shape index (κ1) is 24.5. The summed E-state index contributed by atoms with van der Waals surface area (Å²) in [6, 6.07) is 8.71. The van der Waals surface area contributed by atoms with Gasteiger partial charge in [-0.2, -0.15) is 0 Å². The Morgan fingerprint density at radius 1 is 0.882 bits per heavy atom. The van der Waals surface area contributed by atoms with Gasteiger partial charge in [0.05, 0.1) is 6.10 Å². The maximum absolute atomic E-state index is 6.28. The molecule has 190 valence electrons. The van der Waals surface area contributed by atoms with Crippen LogP contribution in [0, 0.1) is 23.7 Å². The summed E-state index contributed by atoms with van der Waals surface area (Å²) >= 11 is 0. The maximum atomic E-state index is 6.28. The summed E-state index contributed by atoms with van der Waals surface area (Å²) in [4.78, 5) is 12.4. The van der Waals surface area contributed by atoms with E-state index in [9.17, 15) is 0 Å². The molecule has 4 bridgehead atoms. The molecule has 5 nitrogen and oxygen atoms in total. The van der Waals surface area contributed by atoms with E-state index in [1.165, 1.54) is 37.7 Å². The van der Waals surface area contributed by atoms with Gasteiger partial charge in [-0.25, -0.2) is 9.78 Å². The van der Waals surface area contributed by atoms with Crippen LogP contribution in [0.2, 0.25) is 0 Å². The highest BCUT2D eigenvalue weighted by Gasteiger charge is 2.60. The highest BCUT2D eigenvalue weighted by molar-refractivity contribution is 5.29. The van der Waals surface area contributed by atoms with Gasteiger partial charge in [0.1, 0.15) is 12.4 Å². The van der Waals surface area contributed by atoms with Crippen molar-refractivity contribution in [2.45, 2.75) is 102 Å². The van der Waals surface area contributed by atoms with Crippen molar-refractivity contribution in [3.63, 3.8) is 0 Å². The lowest BCUT2D eigenvalue weighted by Crippen LogP contribution is -2.60. The third kappa shape index (κ3) is 5.33. The predicted octanol–water partition coefficient (Wildman–Crippen LogP) is 6.23. The highest BCUT2D eigenvalue weighted by atomic mass is 17.2. The van der Waals surface area contributed by atoms with Crippen LogP contribution in [0.4, 0.5) is 0 Å². The summed E-state index contributed by atoms with van der Waals surface area (Å²) in [5.41, 5.74) is 1.54. The van der Waals surface area contributed by atoms with E-state index in [4.69, 9.17) is 19.2 Å². The van der Waals surface area contributed by atoms with Crippen molar-refractivity contribution >= 4 is 0 Å². The molecule has 1 aromatic rings. The first-order valence-electron chi connectivity index (χ1n) is 13.7. The Bertz CT molecular complexity index is 765. The quantitative estimate of drug-likeness (QED) is 0.200. The summed E-state index contributed by atoms with van der Waals surface area (Å²) in [5, 5.41) is 3.46. The standard InChI is InChI=1S/C29H45NO4/c1-28(2,3)30-13-14-32-26-9-5-22(6-10-26)23-7-11-27(12-8-23)33-34-29(31-4)24-16-20-15-21(18-24)19-25(29)17-20/h5-6,9-10,20-21,23-25,27,30H,7-8,11-19H2,1-4H3/t20?,21?,23-,24?,25?,27+,29?. The van der Waals surface area contributed by atoms with E-state index in [2.05, 4.69) is 50.4 Å². The highest BCUT2D eigenvalue weighted by Crippen LogP contribution is 2.60. The van der Waals surface area contributed by atoms with E-state index in [-0.39, 0.29) is 11.6 Å². The first-order chi connectivity index (χ1) is 16.3. The van der Waals surface area contributed by atoms with Crippen LogP contribution >= 0.6 is 0 Å². The van der Waals surface area contributed by atoms with E-state index in [0.717, 1.165) is 49.8 Å². The zero-order valence-corrected chi connectivity index (χ0v) is 21.7. The van der Waals surface area contributed by atoms with E-state index in [1.54, 1.807) is 0 Å². The van der Waals surface area contributed by atoms with Gasteiger partial charge in [0.25, 0.3) is 0 Å². The van der Waals surface area contributed by atoms with Crippen molar-refractivity contribution < 1.29 is 19.2 Å². The zero-order valence-electron chi connectivity index (χ0n) is 21.7. The Kier molecular flexibility index (Phi) is 7.28. The van der Waals surface area contributed by atoms with E-state index in [0.29, 0.717) is 24.4 Å². The topological polar surface area (TPSA) is 49.0 Å². The maximum Gasteiger partial charge on any atom is 0.207 e. The van der Waals surface area contributed by atoms with Crippen LogP contribution in [0.3, 0.4) is 0 Å². The summed E-state index contributed by atoms with van der Waals surface area (Å²) in [7, 11) is 1.83. The fourth-order valence-corrected chi connectivity index (χ4v) is 7.41. The van der Waals surface area contributed by atoms with E-state index >= 15 is 0 Å². The smallest absolute Gasteiger partial charge is 0.207 e. The molecule has 1 aromatic carbocycles. The molecule has 5 heteroatoms. The van der Waals surface area contributed by atoms with Gasteiger partial charge in [-0.05, 0) is 114 Å². The van der Waals surface area contributed by atoms with Crippen molar-refractivity contribution in [2.75, 3.05) is 20.3 Å². The Morgan fingerprint density at radius 2 is 1.50 bits per heavy atom. The molecule has 0 unspecified atom stereocenters. The average Bonchev–Trinajstić information content (AvgIpc) is 2.82. The minimum atomic E-state index is -0.498. The molecule has 0 radical (unpaired) electrons. The van der Waals surface area contributed by atoms with Crippen LogP contribution < -0.4 is 10.1 Å². The predicted molar refractivity (Wildman–Crippen MR) is 134 cm³/mol. The number of ether oxygens (including phenoxy) is 2. The molecular weight excluding hydrogens is 426 g/mol. The molecule has 0 atom stereocenters. The van der Waals surface area contributed by atoms with Gasteiger partial charge in [-0.1, -0.05) is 12.1 Å². The van der Waals surface area contributed by atoms with Crippen molar-refractivity contribution in [1.29, 1.82) is 0 Å². The Labute approximate surface area is 206 Å². The largest absolute Gasteiger partial charge is 0.492 e. The van der Waals surface area contributed by atoms with Gasteiger partial charge in [0, 0.05) is 31.0 Å². The van der Waals surface area contributed by atoms with E-state index < -0.39 is 5.79 Å². The van der Waals surface area contributed by atoms with Gasteiger partial charge in [-0.15, -0.1) is 0 Å². The van der Waals surface area contributed by atoms with Crippen molar-refractivity contribution in [3.05, 3.63) is 29.8 Å². The lowest BCUT2D eigenvalue weighted by atomic mass is 9.53. The molecule has 5 aliphatic carbocycles. The molecule has 0 aliphatic heterocycles. The average molecular weight is 472 g/mol. The Morgan fingerprint density at radius 3 is 2.06 bits per heavy atom. The van der Waals surface area contributed by atoms with Crippen LogP contribution in [-0.4, -0.2) is 37.7 Å². The lowest BCUT2D eigenvalue weighted by Gasteiger charge is -2.58. The molecule has 1 N–H and O–H groups in total. The number of hydrogen-bond acceptors (Lipinski definition) is 5. The molecule has 0 amide bonds. The molecule has 5 saturated carbocycles. The van der Waals surface area contributed by atoms with E-state index in [1.807, 2.05) is 7.11 Å². The van der Waals surface area contributed by atoms with Gasteiger partial charge < -0.3 is 14.8 Å². The number of hydrogen-bond donors (Lipinski definition) is 1. The second-order valence-corrected chi connectivity index (χ2v) is 12.5. The number of rotatable bonds is 9. The molecule has 5 fully saturated rings. The molecule has 6 rings (SSSR count). The van der Waals surface area contributed by atoms with Crippen LogP contribution in [0.25, 0.3) is 0 Å². The number of methoxy groups -OCH3 is 1. The molecule has 0 heterocycles. The molecular formula is C29H45NO4. The van der Waals surface area contributed by atoms with Gasteiger partial charge >= 0.3 is 0 Å². The Balaban J connectivity index is 1.07. The fraction of sp³-hybridized carbons (Fsp3) is 0.793. The fourth-order valence-electron chi connectivity index (χ4n) is 7.41. The minimum absolute atomic E-state index is 0.126. The molecule has 5 aliphatic rings. The Hall–Kier alpha value is -1.14. The van der Waals surface area contributed by atoms with Crippen molar-refractivity contribution in [1.82, 2.24) is 5.32 Å². The zero-order chi connectivity index (χ0) is 23.8. The molecule has 0 saturated heterocycles. The minimum Gasteiger partial charge on any atom is -0.492 e. The monoisotopic (exact) mass is 471 g/mol. The van der Waals surface area contributed by atoms with Crippen molar-refractivity contribution in [3.8, 4) is 5.75 Å². The second kappa shape index (κ2) is 10.1. The lowest BCUT2D eigenvalue weighted by molar-refractivity contribution is -0.485. The second-order valence-electron chi connectivity index (χ2n) is 12.5. The van der Waals surface area contributed by atoms with Crippen LogP contribution in [-0.2, 0) is 14.5 Å². The molecule has 0 spiro atoms. The van der Waals surface area contributed by atoms with Gasteiger partial charge in [0.2, 0.25) is 5.79 Å². The summed E-state index contributed by atoms with van der Waals surface area (Å²) in [6.07, 6.45) is 11.0. The van der Waals surface area contributed by atoms with Crippen molar-refractivity contribution in [2.24, 2.45) is 23.7 Å². The third-order valence-electron chi connectivity index (χ3n) is 8.96. The third-order valence-corrected chi connectivity index (χ3v) is 8.96. The van der Waals surface area contributed by atoms with Gasteiger partial charge in [-0.3, -0.25) is 0 Å². The van der Waals surface area contributed by atoms with Crippen LogP contribution in [0.5, 0.6) is 5.75 Å². The SMILES string of the molecule is COC1(OO[C@H]2CC[C@@H](c3ccc(OCCNC(C)(C)C)cc3)CC2)C2CC3CC(C2)CC1C3. The van der Waals surface area contributed by atoms with Gasteiger partial charge in [0.15, 0.2) is 0 Å².